The van der Waals surface area contributed by atoms with Crippen molar-refractivity contribution in [3.8, 4) is 0 Å². The van der Waals surface area contributed by atoms with E-state index in [2.05, 4.69) is 5.32 Å². The van der Waals surface area contributed by atoms with E-state index in [0.717, 1.165) is 25.7 Å². The van der Waals surface area contributed by atoms with Crippen LogP contribution in [-0.4, -0.2) is 54.6 Å². The van der Waals surface area contributed by atoms with Crippen LogP contribution in [-0.2, 0) is 19.6 Å². The molecule has 8 heteroatoms. The second-order valence-corrected chi connectivity index (χ2v) is 11.1. The van der Waals surface area contributed by atoms with Crippen LogP contribution in [0.3, 0.4) is 0 Å². The lowest BCUT2D eigenvalue weighted by Crippen LogP contribution is -2.42. The quantitative estimate of drug-likeness (QED) is 0.585. The van der Waals surface area contributed by atoms with E-state index >= 15 is 0 Å². The van der Waals surface area contributed by atoms with Crippen molar-refractivity contribution in [2.24, 2.45) is 5.92 Å². The molecule has 7 nitrogen and oxygen atoms in total. The summed E-state index contributed by atoms with van der Waals surface area (Å²) in [6, 6.07) is 6.30. The largest absolute Gasteiger partial charge is 0.337 e. The molecule has 1 N–H and O–H groups in total. The molecule has 1 atom stereocenters. The Morgan fingerprint density at radius 2 is 1.65 bits per heavy atom. The number of hydrogen-bond acceptors (Lipinski definition) is 4. The summed E-state index contributed by atoms with van der Waals surface area (Å²) in [6.07, 6.45) is 3.70. The first kappa shape index (κ1) is 25.3. The SMILES string of the molecule is CCCCN(CCCC)S(=O)(=O)c1ccc(NC(=O)C2CC(=O)N(C(C)(C)C)C2)cc1. The Morgan fingerprint density at radius 1 is 1.10 bits per heavy atom. The lowest BCUT2D eigenvalue weighted by Gasteiger charge is -2.31. The van der Waals surface area contributed by atoms with Gasteiger partial charge in [0.1, 0.15) is 0 Å². The minimum atomic E-state index is -3.57. The van der Waals surface area contributed by atoms with E-state index in [9.17, 15) is 18.0 Å². The van der Waals surface area contributed by atoms with Crippen LogP contribution in [0.25, 0.3) is 0 Å². The van der Waals surface area contributed by atoms with Crippen molar-refractivity contribution in [3.63, 3.8) is 0 Å². The summed E-state index contributed by atoms with van der Waals surface area (Å²) in [5, 5.41) is 2.83. The van der Waals surface area contributed by atoms with Gasteiger partial charge in [-0.25, -0.2) is 8.42 Å². The van der Waals surface area contributed by atoms with Gasteiger partial charge in [0.15, 0.2) is 0 Å². The fourth-order valence-electron chi connectivity index (χ4n) is 3.66. The molecule has 1 fully saturated rings. The highest BCUT2D eigenvalue weighted by molar-refractivity contribution is 7.89. The topological polar surface area (TPSA) is 86.8 Å². The Bertz CT molecular complexity index is 852. The van der Waals surface area contributed by atoms with Crippen molar-refractivity contribution in [1.82, 2.24) is 9.21 Å². The van der Waals surface area contributed by atoms with Crippen LogP contribution in [0.15, 0.2) is 29.2 Å². The Balaban J connectivity index is 2.07. The minimum Gasteiger partial charge on any atom is -0.337 e. The second-order valence-electron chi connectivity index (χ2n) is 9.20. The molecule has 1 aromatic carbocycles. The van der Waals surface area contributed by atoms with E-state index in [1.54, 1.807) is 21.3 Å². The number of amides is 2. The van der Waals surface area contributed by atoms with Crippen molar-refractivity contribution >= 4 is 27.5 Å². The number of carbonyl (C=O) groups is 2. The van der Waals surface area contributed by atoms with E-state index in [1.807, 2.05) is 34.6 Å². The molecule has 1 saturated heterocycles. The zero-order chi connectivity index (χ0) is 23.2. The van der Waals surface area contributed by atoms with E-state index < -0.39 is 15.9 Å². The van der Waals surface area contributed by atoms with Crippen molar-refractivity contribution in [1.29, 1.82) is 0 Å². The maximum atomic E-state index is 13.0. The average Bonchev–Trinajstić information content (AvgIpc) is 3.10. The van der Waals surface area contributed by atoms with E-state index in [-0.39, 0.29) is 28.7 Å². The standard InChI is InChI=1S/C23H37N3O4S/c1-6-8-14-25(15-9-7-2)31(29,30)20-12-10-19(11-13-20)24-22(28)18-16-21(27)26(17-18)23(3,4)5/h10-13,18H,6-9,14-17H2,1-5H3,(H,24,28). The normalized spacial score (nSPS) is 17.4. The first-order valence-electron chi connectivity index (χ1n) is 11.2. The van der Waals surface area contributed by atoms with E-state index in [4.69, 9.17) is 0 Å². The highest BCUT2D eigenvalue weighted by Crippen LogP contribution is 2.27. The maximum absolute atomic E-state index is 13.0. The van der Waals surface area contributed by atoms with Gasteiger partial charge in [-0.3, -0.25) is 9.59 Å². The molecular weight excluding hydrogens is 414 g/mol. The number of likely N-dealkylation sites (tertiary alicyclic amines) is 1. The molecule has 0 radical (unpaired) electrons. The van der Waals surface area contributed by atoms with Crippen molar-refractivity contribution in [2.75, 3.05) is 25.0 Å². The van der Waals surface area contributed by atoms with Crippen LogP contribution in [0.5, 0.6) is 0 Å². The molecule has 0 spiro atoms. The van der Waals surface area contributed by atoms with Gasteiger partial charge in [-0.05, 0) is 57.9 Å². The number of carbonyl (C=O) groups excluding carboxylic acids is 2. The Kier molecular flexibility index (Phi) is 8.65. The lowest BCUT2D eigenvalue weighted by molar-refractivity contribution is -0.131. The van der Waals surface area contributed by atoms with Crippen molar-refractivity contribution in [2.45, 2.75) is 77.2 Å². The molecule has 1 aromatic rings. The molecule has 1 aliphatic heterocycles. The molecule has 0 bridgehead atoms. The van der Waals surface area contributed by atoms with Crippen LogP contribution in [0.1, 0.15) is 66.7 Å². The molecule has 0 aromatic heterocycles. The fourth-order valence-corrected chi connectivity index (χ4v) is 5.17. The predicted molar refractivity (Wildman–Crippen MR) is 123 cm³/mol. The van der Waals surface area contributed by atoms with Crippen LogP contribution >= 0.6 is 0 Å². The van der Waals surface area contributed by atoms with Gasteiger partial charge in [-0.1, -0.05) is 26.7 Å². The van der Waals surface area contributed by atoms with Crippen LogP contribution < -0.4 is 5.32 Å². The fraction of sp³-hybridized carbons (Fsp3) is 0.652. The molecule has 2 amide bonds. The second kappa shape index (κ2) is 10.6. The average molecular weight is 452 g/mol. The van der Waals surface area contributed by atoms with Gasteiger partial charge in [0.2, 0.25) is 21.8 Å². The molecule has 1 heterocycles. The number of nitrogens with one attached hydrogen (secondary N) is 1. The highest BCUT2D eigenvalue weighted by Gasteiger charge is 2.39. The molecule has 0 aliphatic carbocycles. The third-order valence-electron chi connectivity index (χ3n) is 5.59. The monoisotopic (exact) mass is 451 g/mol. The van der Waals surface area contributed by atoms with Gasteiger partial charge in [0.25, 0.3) is 0 Å². The number of sulfonamides is 1. The van der Waals surface area contributed by atoms with E-state index in [1.165, 1.54) is 12.1 Å². The van der Waals surface area contributed by atoms with Gasteiger partial charge in [0.05, 0.1) is 10.8 Å². The summed E-state index contributed by atoms with van der Waals surface area (Å²) in [7, 11) is -3.57. The summed E-state index contributed by atoms with van der Waals surface area (Å²) in [5.74, 6) is -0.648. The number of unbranched alkanes of at least 4 members (excludes halogenated alkanes) is 2. The Hall–Kier alpha value is -1.93. The third-order valence-corrected chi connectivity index (χ3v) is 7.50. The smallest absolute Gasteiger partial charge is 0.243 e. The third kappa shape index (κ3) is 6.53. The van der Waals surface area contributed by atoms with Crippen LogP contribution in [0, 0.1) is 5.92 Å². The van der Waals surface area contributed by atoms with Gasteiger partial charge in [0, 0.05) is 37.3 Å². The zero-order valence-electron chi connectivity index (χ0n) is 19.5. The summed E-state index contributed by atoms with van der Waals surface area (Å²) in [6.45, 7) is 11.4. The highest BCUT2D eigenvalue weighted by atomic mass is 32.2. The Labute approximate surface area is 187 Å². The molecular formula is C23H37N3O4S. The van der Waals surface area contributed by atoms with Crippen molar-refractivity contribution in [3.05, 3.63) is 24.3 Å². The summed E-state index contributed by atoms with van der Waals surface area (Å²) in [4.78, 5) is 26.8. The number of hydrogen-bond donors (Lipinski definition) is 1. The first-order chi connectivity index (χ1) is 14.5. The number of nitrogens with zero attached hydrogens (tertiary/aromatic N) is 2. The van der Waals surface area contributed by atoms with Gasteiger partial charge < -0.3 is 10.2 Å². The first-order valence-corrected chi connectivity index (χ1v) is 12.7. The van der Waals surface area contributed by atoms with Gasteiger partial charge >= 0.3 is 0 Å². The Morgan fingerprint density at radius 3 is 2.10 bits per heavy atom. The lowest BCUT2D eigenvalue weighted by atomic mass is 10.1. The van der Waals surface area contributed by atoms with Crippen LogP contribution in [0.2, 0.25) is 0 Å². The zero-order valence-corrected chi connectivity index (χ0v) is 20.3. The summed E-state index contributed by atoms with van der Waals surface area (Å²) in [5.41, 5.74) is 0.211. The minimum absolute atomic E-state index is 0.0201. The molecule has 0 saturated carbocycles. The predicted octanol–water partition coefficient (Wildman–Crippen LogP) is 3.86. The van der Waals surface area contributed by atoms with Gasteiger partial charge in [-0.15, -0.1) is 0 Å². The van der Waals surface area contributed by atoms with Crippen molar-refractivity contribution < 1.29 is 18.0 Å². The maximum Gasteiger partial charge on any atom is 0.243 e. The summed E-state index contributed by atoms with van der Waals surface area (Å²) >= 11 is 0. The molecule has 1 aliphatic rings. The number of benzene rings is 1. The van der Waals surface area contributed by atoms with Gasteiger partial charge in [-0.2, -0.15) is 4.31 Å². The molecule has 2 rings (SSSR count). The molecule has 174 valence electrons. The van der Waals surface area contributed by atoms with E-state index in [0.29, 0.717) is 25.3 Å². The summed E-state index contributed by atoms with van der Waals surface area (Å²) < 4.78 is 27.7. The molecule has 1 unspecified atom stereocenters. The molecule has 31 heavy (non-hydrogen) atoms. The number of anilines is 1. The number of rotatable bonds is 10. The van der Waals surface area contributed by atoms with Crippen LogP contribution in [0.4, 0.5) is 5.69 Å².